The minimum absolute atomic E-state index is 0.0118. The summed E-state index contributed by atoms with van der Waals surface area (Å²) >= 11 is 5.89. The molecule has 1 aromatic rings. The third-order valence-corrected chi connectivity index (χ3v) is 4.07. The van der Waals surface area contributed by atoms with Gasteiger partial charge in [-0.15, -0.1) is 0 Å². The summed E-state index contributed by atoms with van der Waals surface area (Å²) in [7, 11) is 0. The quantitative estimate of drug-likeness (QED) is 0.931. The molecule has 1 amide bonds. The number of carbonyl (C=O) groups excluding carboxylic acids is 1. The zero-order chi connectivity index (χ0) is 14.8. The molecule has 2 rings (SSSR count). The van der Waals surface area contributed by atoms with Crippen LogP contribution in [0.15, 0.2) is 24.3 Å². The summed E-state index contributed by atoms with van der Waals surface area (Å²) in [6.45, 7) is 5.36. The average molecular weight is 297 g/mol. The number of carbonyl (C=O) groups is 1. The number of benzene rings is 1. The van der Waals surface area contributed by atoms with Crippen LogP contribution in [-0.2, 0) is 9.53 Å². The molecular formula is C15H21ClN2O2. The minimum atomic E-state index is -0.804. The van der Waals surface area contributed by atoms with E-state index < -0.39 is 5.54 Å². The predicted molar refractivity (Wildman–Crippen MR) is 79.6 cm³/mol. The van der Waals surface area contributed by atoms with Gasteiger partial charge >= 0.3 is 0 Å². The number of hydrogen-bond donors (Lipinski definition) is 1. The van der Waals surface area contributed by atoms with Crippen LogP contribution in [0.3, 0.4) is 0 Å². The van der Waals surface area contributed by atoms with Crippen LogP contribution in [-0.4, -0.2) is 36.0 Å². The summed E-state index contributed by atoms with van der Waals surface area (Å²) < 4.78 is 5.75. The van der Waals surface area contributed by atoms with Crippen LogP contribution in [0.4, 0.5) is 0 Å². The molecule has 1 heterocycles. The Kier molecular flexibility index (Phi) is 4.68. The summed E-state index contributed by atoms with van der Waals surface area (Å²) in [6, 6.07) is 7.53. The lowest BCUT2D eigenvalue weighted by molar-refractivity contribution is -0.144. The van der Waals surface area contributed by atoms with Crippen LogP contribution in [0, 0.1) is 0 Å². The molecule has 1 aliphatic rings. The van der Waals surface area contributed by atoms with Crippen LogP contribution in [0.2, 0.25) is 5.02 Å². The van der Waals surface area contributed by atoms with Crippen LogP contribution < -0.4 is 5.73 Å². The number of rotatable bonds is 3. The molecule has 1 aliphatic heterocycles. The van der Waals surface area contributed by atoms with Gasteiger partial charge < -0.3 is 15.4 Å². The summed E-state index contributed by atoms with van der Waals surface area (Å²) in [6.07, 6.45) is 0.507. The molecule has 1 aromatic carbocycles. The fourth-order valence-electron chi connectivity index (χ4n) is 2.23. The lowest BCUT2D eigenvalue weighted by atomic mass is 9.97. The van der Waals surface area contributed by atoms with Gasteiger partial charge in [-0.05, 0) is 31.0 Å². The molecule has 0 saturated carbocycles. The fraction of sp³-hybridized carbons (Fsp3) is 0.533. The Bertz CT molecular complexity index is 473. The second-order valence-corrected chi connectivity index (χ2v) is 5.87. The highest BCUT2D eigenvalue weighted by atomic mass is 35.5. The average Bonchev–Trinajstić information content (AvgIpc) is 2.47. The molecule has 2 atom stereocenters. The van der Waals surface area contributed by atoms with E-state index in [1.54, 1.807) is 11.8 Å². The first kappa shape index (κ1) is 15.3. The number of hydrogen-bond acceptors (Lipinski definition) is 3. The maximum atomic E-state index is 12.4. The van der Waals surface area contributed by atoms with Gasteiger partial charge in [0.15, 0.2) is 0 Å². The molecule has 1 fully saturated rings. The molecular weight excluding hydrogens is 276 g/mol. The van der Waals surface area contributed by atoms with Crippen molar-refractivity contribution in [3.05, 3.63) is 34.9 Å². The standard InChI is InChI=1S/C15H21ClN2O2/c1-3-15(2,17)14(19)18-8-9-20-13(10-18)11-4-6-12(16)7-5-11/h4-7,13H,3,8-10,17H2,1-2H3. The van der Waals surface area contributed by atoms with Crippen molar-refractivity contribution in [2.45, 2.75) is 31.9 Å². The van der Waals surface area contributed by atoms with E-state index in [0.717, 1.165) is 5.56 Å². The Hall–Kier alpha value is -1.10. The highest BCUT2D eigenvalue weighted by Crippen LogP contribution is 2.25. The van der Waals surface area contributed by atoms with Crippen molar-refractivity contribution in [3.8, 4) is 0 Å². The van der Waals surface area contributed by atoms with Crippen molar-refractivity contribution >= 4 is 17.5 Å². The van der Waals surface area contributed by atoms with Gasteiger partial charge in [-0.3, -0.25) is 4.79 Å². The van der Waals surface area contributed by atoms with Gasteiger partial charge in [0.25, 0.3) is 0 Å². The molecule has 0 aromatic heterocycles. The molecule has 2 unspecified atom stereocenters. The van der Waals surface area contributed by atoms with E-state index in [1.165, 1.54) is 0 Å². The molecule has 1 saturated heterocycles. The topological polar surface area (TPSA) is 55.6 Å². The lowest BCUT2D eigenvalue weighted by Gasteiger charge is -2.37. The molecule has 0 bridgehead atoms. The van der Waals surface area contributed by atoms with Crippen molar-refractivity contribution in [1.82, 2.24) is 4.90 Å². The van der Waals surface area contributed by atoms with E-state index in [-0.39, 0.29) is 12.0 Å². The van der Waals surface area contributed by atoms with Gasteiger partial charge in [0.1, 0.15) is 6.10 Å². The van der Waals surface area contributed by atoms with E-state index in [2.05, 4.69) is 0 Å². The van der Waals surface area contributed by atoms with Crippen LogP contribution in [0.1, 0.15) is 31.9 Å². The van der Waals surface area contributed by atoms with Gasteiger partial charge in [0, 0.05) is 11.6 Å². The first-order valence-electron chi connectivity index (χ1n) is 6.89. The van der Waals surface area contributed by atoms with Gasteiger partial charge in [-0.1, -0.05) is 30.7 Å². The van der Waals surface area contributed by atoms with Crippen molar-refractivity contribution in [2.24, 2.45) is 5.73 Å². The van der Waals surface area contributed by atoms with Gasteiger partial charge in [0.2, 0.25) is 5.91 Å². The second-order valence-electron chi connectivity index (χ2n) is 5.43. The van der Waals surface area contributed by atoms with E-state index >= 15 is 0 Å². The fourth-order valence-corrected chi connectivity index (χ4v) is 2.35. The van der Waals surface area contributed by atoms with Crippen LogP contribution >= 0.6 is 11.6 Å². The Labute approximate surface area is 124 Å². The smallest absolute Gasteiger partial charge is 0.242 e. The highest BCUT2D eigenvalue weighted by Gasteiger charge is 2.34. The second kappa shape index (κ2) is 6.12. The molecule has 110 valence electrons. The molecule has 0 aliphatic carbocycles. The largest absolute Gasteiger partial charge is 0.370 e. The normalized spacial score (nSPS) is 22.4. The Balaban J connectivity index is 2.09. The molecule has 2 N–H and O–H groups in total. The lowest BCUT2D eigenvalue weighted by Crippen LogP contribution is -2.55. The molecule has 0 spiro atoms. The SMILES string of the molecule is CCC(C)(N)C(=O)N1CCOC(c2ccc(Cl)cc2)C1. The van der Waals surface area contributed by atoms with Crippen molar-refractivity contribution in [1.29, 1.82) is 0 Å². The molecule has 5 heteroatoms. The zero-order valence-electron chi connectivity index (χ0n) is 11.9. The van der Waals surface area contributed by atoms with Crippen molar-refractivity contribution in [3.63, 3.8) is 0 Å². The predicted octanol–water partition coefficient (Wildman–Crippen LogP) is 2.37. The van der Waals surface area contributed by atoms with Crippen LogP contribution in [0.5, 0.6) is 0 Å². The maximum Gasteiger partial charge on any atom is 0.242 e. The van der Waals surface area contributed by atoms with E-state index in [1.807, 2.05) is 31.2 Å². The third-order valence-electron chi connectivity index (χ3n) is 3.82. The first-order valence-corrected chi connectivity index (χ1v) is 7.27. The molecule has 4 nitrogen and oxygen atoms in total. The van der Waals surface area contributed by atoms with E-state index in [0.29, 0.717) is 31.1 Å². The van der Waals surface area contributed by atoms with Crippen molar-refractivity contribution in [2.75, 3.05) is 19.7 Å². The number of nitrogens with two attached hydrogens (primary N) is 1. The third kappa shape index (κ3) is 3.32. The minimum Gasteiger partial charge on any atom is -0.370 e. The van der Waals surface area contributed by atoms with Gasteiger partial charge in [-0.25, -0.2) is 0 Å². The van der Waals surface area contributed by atoms with Crippen LogP contribution in [0.25, 0.3) is 0 Å². The number of ether oxygens (including phenoxy) is 1. The van der Waals surface area contributed by atoms with Gasteiger partial charge in [0.05, 0.1) is 18.7 Å². The Morgan fingerprint density at radius 2 is 2.15 bits per heavy atom. The summed E-state index contributed by atoms with van der Waals surface area (Å²) in [5.74, 6) is -0.0118. The van der Waals surface area contributed by atoms with Gasteiger partial charge in [-0.2, -0.15) is 0 Å². The summed E-state index contributed by atoms with van der Waals surface area (Å²) in [5, 5.41) is 0.693. The Morgan fingerprint density at radius 3 is 2.75 bits per heavy atom. The Morgan fingerprint density at radius 1 is 1.50 bits per heavy atom. The summed E-state index contributed by atoms with van der Waals surface area (Å²) in [4.78, 5) is 14.2. The number of morpholine rings is 1. The summed E-state index contributed by atoms with van der Waals surface area (Å²) in [5.41, 5.74) is 6.27. The van der Waals surface area contributed by atoms with E-state index in [4.69, 9.17) is 22.1 Å². The zero-order valence-corrected chi connectivity index (χ0v) is 12.7. The maximum absolute atomic E-state index is 12.4. The molecule has 0 radical (unpaired) electrons. The number of amides is 1. The van der Waals surface area contributed by atoms with E-state index in [9.17, 15) is 4.79 Å². The number of halogens is 1. The first-order chi connectivity index (χ1) is 9.44. The highest BCUT2D eigenvalue weighted by molar-refractivity contribution is 6.30. The molecule has 20 heavy (non-hydrogen) atoms. The monoisotopic (exact) mass is 296 g/mol. The van der Waals surface area contributed by atoms with Crippen molar-refractivity contribution < 1.29 is 9.53 Å². The number of nitrogens with zero attached hydrogens (tertiary/aromatic N) is 1.